The molecule has 8 nitrogen and oxygen atoms in total. The second kappa shape index (κ2) is 10.5. The maximum atomic E-state index is 13.0. The lowest BCUT2D eigenvalue weighted by molar-refractivity contribution is -0.121. The van der Waals surface area contributed by atoms with E-state index >= 15 is 0 Å². The number of ether oxygens (including phenoxy) is 2. The van der Waals surface area contributed by atoms with Crippen molar-refractivity contribution in [2.45, 2.75) is 64.8 Å². The number of fused-ring (bicyclic) bond motifs is 1. The molecule has 36 heavy (non-hydrogen) atoms. The van der Waals surface area contributed by atoms with Gasteiger partial charge in [-0.1, -0.05) is 12.1 Å². The summed E-state index contributed by atoms with van der Waals surface area (Å²) in [6, 6.07) is 10.0. The number of nitrogens with zero attached hydrogens (tertiary/aromatic N) is 1. The van der Waals surface area contributed by atoms with Crippen LogP contribution in [0.25, 0.3) is 0 Å². The standard InChI is InChI=1S/C28H36N4O4/c1-17-4-7-21(12-26(17)35-3)30-27(33)20-5-8-22(9-6-20)32-15-24-18(2)10-19(11-25(24)31-28(32)34)16-36-23-13-29-14-23/h4,7,10-12,20,22-23,29H,5-6,8-9,13-16H2,1-3H3,(H,30,33)(H,31,34). The quantitative estimate of drug-likeness (QED) is 0.535. The van der Waals surface area contributed by atoms with E-state index in [-0.39, 0.29) is 30.0 Å². The third kappa shape index (κ3) is 5.20. The van der Waals surface area contributed by atoms with Gasteiger partial charge in [-0.25, -0.2) is 4.79 Å². The minimum absolute atomic E-state index is 0.0380. The van der Waals surface area contributed by atoms with Crippen LogP contribution in [-0.2, 0) is 22.7 Å². The molecule has 0 unspecified atom stereocenters. The minimum Gasteiger partial charge on any atom is -0.496 e. The van der Waals surface area contributed by atoms with Gasteiger partial charge in [0.15, 0.2) is 0 Å². The number of carbonyl (C=O) groups is 2. The van der Waals surface area contributed by atoms with Crippen LogP contribution in [0.5, 0.6) is 5.75 Å². The molecule has 8 heteroatoms. The van der Waals surface area contributed by atoms with Crippen molar-refractivity contribution >= 4 is 23.3 Å². The van der Waals surface area contributed by atoms with E-state index in [2.05, 4.69) is 28.9 Å². The van der Waals surface area contributed by atoms with Gasteiger partial charge < -0.3 is 30.3 Å². The molecule has 1 aliphatic carbocycles. The molecule has 1 saturated carbocycles. The molecule has 0 spiro atoms. The van der Waals surface area contributed by atoms with Gasteiger partial charge in [-0.15, -0.1) is 0 Å². The summed E-state index contributed by atoms with van der Waals surface area (Å²) in [7, 11) is 1.63. The number of amides is 3. The van der Waals surface area contributed by atoms with Gasteiger partial charge in [0.05, 0.1) is 26.4 Å². The van der Waals surface area contributed by atoms with Crippen LogP contribution in [0, 0.1) is 19.8 Å². The van der Waals surface area contributed by atoms with Crippen molar-refractivity contribution in [3.05, 3.63) is 52.6 Å². The fourth-order valence-electron chi connectivity index (χ4n) is 5.41. The average molecular weight is 493 g/mol. The molecule has 0 aromatic heterocycles. The monoisotopic (exact) mass is 492 g/mol. The van der Waals surface area contributed by atoms with Crippen molar-refractivity contribution in [2.24, 2.45) is 5.92 Å². The van der Waals surface area contributed by atoms with E-state index in [1.54, 1.807) is 7.11 Å². The van der Waals surface area contributed by atoms with E-state index in [9.17, 15) is 9.59 Å². The molecule has 1 saturated heterocycles. The summed E-state index contributed by atoms with van der Waals surface area (Å²) in [6.45, 7) is 7.04. The Bertz CT molecular complexity index is 1140. The van der Waals surface area contributed by atoms with Crippen LogP contribution in [0.1, 0.15) is 47.9 Å². The van der Waals surface area contributed by atoms with E-state index in [0.29, 0.717) is 13.2 Å². The lowest BCUT2D eigenvalue weighted by Crippen LogP contribution is -2.48. The molecule has 2 aromatic carbocycles. The molecular weight excluding hydrogens is 456 g/mol. The van der Waals surface area contributed by atoms with Crippen LogP contribution in [-0.4, -0.2) is 49.2 Å². The van der Waals surface area contributed by atoms with Gasteiger partial charge in [0.2, 0.25) is 5.91 Å². The Morgan fingerprint density at radius 1 is 1.08 bits per heavy atom. The molecular formula is C28H36N4O4. The van der Waals surface area contributed by atoms with Crippen molar-refractivity contribution < 1.29 is 19.1 Å². The van der Waals surface area contributed by atoms with Crippen molar-refractivity contribution in [3.8, 4) is 5.75 Å². The minimum atomic E-state index is -0.0530. The number of urea groups is 1. The van der Waals surface area contributed by atoms with E-state index in [0.717, 1.165) is 72.6 Å². The molecule has 0 radical (unpaired) electrons. The number of nitrogens with one attached hydrogen (secondary N) is 3. The molecule has 0 bridgehead atoms. The highest BCUT2D eigenvalue weighted by molar-refractivity contribution is 5.94. The molecule has 2 aromatic rings. The third-order valence-electron chi connectivity index (χ3n) is 7.78. The number of benzene rings is 2. The average Bonchev–Trinajstić information content (AvgIpc) is 2.84. The van der Waals surface area contributed by atoms with Crippen LogP contribution in [0.2, 0.25) is 0 Å². The summed E-state index contributed by atoms with van der Waals surface area (Å²) >= 11 is 0. The van der Waals surface area contributed by atoms with Crippen LogP contribution < -0.4 is 20.7 Å². The van der Waals surface area contributed by atoms with E-state index in [4.69, 9.17) is 9.47 Å². The zero-order chi connectivity index (χ0) is 25.2. The van der Waals surface area contributed by atoms with Gasteiger partial charge in [0.1, 0.15) is 5.75 Å². The number of carbonyl (C=O) groups excluding carboxylic acids is 2. The Morgan fingerprint density at radius 3 is 2.56 bits per heavy atom. The van der Waals surface area contributed by atoms with Crippen LogP contribution in [0.3, 0.4) is 0 Å². The van der Waals surface area contributed by atoms with Crippen LogP contribution in [0.4, 0.5) is 16.2 Å². The molecule has 2 aliphatic heterocycles. The largest absolute Gasteiger partial charge is 0.496 e. The molecule has 3 amide bonds. The fourth-order valence-corrected chi connectivity index (χ4v) is 5.41. The molecule has 3 aliphatic rings. The number of hydrogen-bond acceptors (Lipinski definition) is 5. The smallest absolute Gasteiger partial charge is 0.322 e. The van der Waals surface area contributed by atoms with Gasteiger partial charge in [-0.2, -0.15) is 0 Å². The van der Waals surface area contributed by atoms with Crippen LogP contribution in [0.15, 0.2) is 30.3 Å². The van der Waals surface area contributed by atoms with Gasteiger partial charge in [-0.05, 0) is 73.9 Å². The van der Waals surface area contributed by atoms with Crippen molar-refractivity contribution in [1.82, 2.24) is 10.2 Å². The maximum absolute atomic E-state index is 13.0. The summed E-state index contributed by atoms with van der Waals surface area (Å²) in [5.74, 6) is 0.749. The predicted molar refractivity (Wildman–Crippen MR) is 139 cm³/mol. The Balaban J connectivity index is 1.17. The highest BCUT2D eigenvalue weighted by atomic mass is 16.5. The first kappa shape index (κ1) is 24.6. The highest BCUT2D eigenvalue weighted by Crippen LogP contribution is 2.35. The molecule has 2 fully saturated rings. The van der Waals surface area contributed by atoms with E-state index < -0.39 is 0 Å². The Labute approximate surface area is 212 Å². The molecule has 192 valence electrons. The first-order valence-electron chi connectivity index (χ1n) is 12.9. The molecule has 2 heterocycles. The van der Waals surface area contributed by atoms with Crippen molar-refractivity contribution in [2.75, 3.05) is 30.8 Å². The zero-order valence-electron chi connectivity index (χ0n) is 21.4. The maximum Gasteiger partial charge on any atom is 0.322 e. The van der Waals surface area contributed by atoms with Crippen molar-refractivity contribution in [1.29, 1.82) is 0 Å². The van der Waals surface area contributed by atoms with Crippen molar-refractivity contribution in [3.63, 3.8) is 0 Å². The number of anilines is 2. The first-order valence-corrected chi connectivity index (χ1v) is 12.9. The summed E-state index contributed by atoms with van der Waals surface area (Å²) in [5, 5.41) is 9.37. The van der Waals surface area contributed by atoms with Gasteiger partial charge >= 0.3 is 6.03 Å². The molecule has 0 atom stereocenters. The van der Waals surface area contributed by atoms with Gasteiger partial charge in [0, 0.05) is 42.5 Å². The summed E-state index contributed by atoms with van der Waals surface area (Å²) in [6.07, 6.45) is 3.45. The number of methoxy groups -OCH3 is 1. The number of hydrogen-bond donors (Lipinski definition) is 3. The number of rotatable bonds is 7. The van der Waals surface area contributed by atoms with Gasteiger partial charge in [0.25, 0.3) is 0 Å². The first-order chi connectivity index (χ1) is 17.4. The Hall–Kier alpha value is -3.10. The fraction of sp³-hybridized carbons (Fsp3) is 0.500. The zero-order valence-corrected chi connectivity index (χ0v) is 21.4. The second-order valence-electron chi connectivity index (χ2n) is 10.3. The number of aryl methyl sites for hydroxylation is 2. The summed E-state index contributed by atoms with van der Waals surface area (Å²) < 4.78 is 11.3. The second-order valence-corrected chi connectivity index (χ2v) is 10.3. The third-order valence-corrected chi connectivity index (χ3v) is 7.78. The Morgan fingerprint density at radius 2 is 1.86 bits per heavy atom. The normalized spacial score (nSPS) is 21.9. The predicted octanol–water partition coefficient (Wildman–Crippen LogP) is 4.35. The lowest BCUT2D eigenvalue weighted by Gasteiger charge is -2.39. The van der Waals surface area contributed by atoms with E-state index in [1.807, 2.05) is 36.1 Å². The summed E-state index contributed by atoms with van der Waals surface area (Å²) in [4.78, 5) is 27.9. The van der Waals surface area contributed by atoms with Crippen LogP contribution >= 0.6 is 0 Å². The SMILES string of the molecule is COc1cc(NC(=O)C2CCC(N3Cc4c(C)cc(COC5CNC5)cc4NC3=O)CC2)ccc1C. The van der Waals surface area contributed by atoms with E-state index in [1.165, 1.54) is 5.56 Å². The van der Waals surface area contributed by atoms with Gasteiger partial charge in [-0.3, -0.25) is 4.79 Å². The molecule has 3 N–H and O–H groups in total. The lowest BCUT2D eigenvalue weighted by atomic mass is 9.84. The molecule has 5 rings (SSSR count). The highest BCUT2D eigenvalue weighted by Gasteiger charge is 2.34. The summed E-state index contributed by atoms with van der Waals surface area (Å²) in [5.41, 5.74) is 6.10. The Kier molecular flexibility index (Phi) is 7.16. The topological polar surface area (TPSA) is 91.9 Å².